The molecule has 1 saturated carbocycles. The summed E-state index contributed by atoms with van der Waals surface area (Å²) in [4.78, 5) is 31.2. The molecule has 2 aliphatic rings. The largest absolute Gasteiger partial charge is 0.419 e. The molecule has 1 aliphatic carbocycles. The minimum Gasteiger partial charge on any atom is -0.307 e. The molecule has 0 unspecified atom stereocenters. The summed E-state index contributed by atoms with van der Waals surface area (Å²) in [5, 5.41) is 8.84. The maximum atomic E-state index is 14.7. The van der Waals surface area contributed by atoms with Gasteiger partial charge in [-0.1, -0.05) is 6.82 Å². The molecule has 1 amide bonds. The van der Waals surface area contributed by atoms with E-state index in [1.807, 2.05) is 0 Å². The van der Waals surface area contributed by atoms with Gasteiger partial charge in [-0.3, -0.25) is 9.69 Å². The molecule has 33 heavy (non-hydrogen) atoms. The molecule has 12 heteroatoms. The van der Waals surface area contributed by atoms with Gasteiger partial charge in [0.25, 0.3) is 5.91 Å². The van der Waals surface area contributed by atoms with Crippen molar-refractivity contribution in [1.29, 1.82) is 5.26 Å². The Morgan fingerprint density at radius 3 is 2.48 bits per heavy atom. The Hall–Kier alpha value is -3.33. The zero-order valence-corrected chi connectivity index (χ0v) is 17.9. The van der Waals surface area contributed by atoms with E-state index >= 15 is 0 Å². The third-order valence-electron chi connectivity index (χ3n) is 5.87. The number of amides is 1. The van der Waals surface area contributed by atoms with Crippen LogP contribution in [0.4, 0.5) is 28.9 Å². The zero-order chi connectivity index (χ0) is 24.1. The van der Waals surface area contributed by atoms with Crippen LogP contribution in [-0.2, 0) is 11.0 Å². The van der Waals surface area contributed by atoms with E-state index in [1.165, 1.54) is 37.2 Å². The van der Waals surface area contributed by atoms with E-state index in [4.69, 9.17) is 17.5 Å². The molecular weight excluding hydrogens is 459 g/mol. The second-order valence-corrected chi connectivity index (χ2v) is 8.03. The van der Waals surface area contributed by atoms with Gasteiger partial charge >= 0.3 is 6.18 Å². The minimum absolute atomic E-state index is 0.139. The summed E-state index contributed by atoms with van der Waals surface area (Å²) in [6, 6.07) is 5.85. The Bertz CT molecular complexity index is 1240. The summed E-state index contributed by atoms with van der Waals surface area (Å²) < 4.78 is 55.0. The number of hydrogen-bond donors (Lipinski definition) is 0. The van der Waals surface area contributed by atoms with Gasteiger partial charge in [-0.05, 0) is 55.7 Å². The highest BCUT2D eigenvalue weighted by Gasteiger charge is 2.59. The van der Waals surface area contributed by atoms with Gasteiger partial charge in [0.1, 0.15) is 23.1 Å². The Kier molecular flexibility index (Phi) is 5.48. The monoisotopic (exact) mass is 473 g/mol. The first-order chi connectivity index (χ1) is 15.5. The van der Waals surface area contributed by atoms with Gasteiger partial charge in [0, 0.05) is 11.3 Å². The molecule has 6 nitrogen and oxygen atoms in total. The van der Waals surface area contributed by atoms with Crippen molar-refractivity contribution in [2.24, 2.45) is 0 Å². The highest BCUT2D eigenvalue weighted by atomic mass is 32.1. The average molecular weight is 473 g/mol. The number of rotatable bonds is 4. The topological polar surface area (TPSA) is 77.3 Å². The van der Waals surface area contributed by atoms with E-state index in [9.17, 15) is 27.2 Å². The number of nitriles is 1. The molecule has 1 radical (unpaired) electrons. The summed E-state index contributed by atoms with van der Waals surface area (Å²) in [7, 11) is 1.22. The van der Waals surface area contributed by atoms with E-state index < -0.39 is 40.4 Å². The second kappa shape index (κ2) is 7.92. The number of hydrogen-bond acceptors (Lipinski definition) is 5. The highest BCUT2D eigenvalue weighted by molar-refractivity contribution is 7.81. The van der Waals surface area contributed by atoms with E-state index in [1.54, 1.807) is 0 Å². The van der Waals surface area contributed by atoms with Gasteiger partial charge in [0.2, 0.25) is 7.28 Å². The van der Waals surface area contributed by atoms with Crippen LogP contribution in [0.2, 0.25) is 6.82 Å². The van der Waals surface area contributed by atoms with Crippen LogP contribution in [0.25, 0.3) is 0 Å². The van der Waals surface area contributed by atoms with Crippen LogP contribution < -0.4 is 9.80 Å². The lowest BCUT2D eigenvalue weighted by Gasteiger charge is -2.43. The van der Waals surface area contributed by atoms with E-state index in [2.05, 4.69) is 4.98 Å². The Morgan fingerprint density at radius 1 is 1.27 bits per heavy atom. The molecule has 2 aromatic rings. The lowest BCUT2D eigenvalue weighted by molar-refractivity contribution is -0.138. The number of aromatic nitrogens is 1. The smallest absolute Gasteiger partial charge is 0.307 e. The van der Waals surface area contributed by atoms with E-state index in [-0.39, 0.29) is 22.1 Å². The number of pyridine rings is 1. The number of halogens is 4. The average Bonchev–Trinajstić information content (AvgIpc) is 2.98. The van der Waals surface area contributed by atoms with Crippen molar-refractivity contribution in [2.45, 2.75) is 37.8 Å². The molecule has 1 aromatic heterocycles. The number of alkyl halides is 3. The SMILES string of the molecule is C[B]C(=O)c1ccc(N2C(=S)N(c3cnc(C#N)c(C(F)(F)F)c3)C(=O)C23CCC3)cc1F. The number of carbonyl (C=O) groups is 2. The maximum absolute atomic E-state index is 14.7. The lowest BCUT2D eigenvalue weighted by Crippen LogP contribution is -2.55. The quantitative estimate of drug-likeness (QED) is 0.379. The molecule has 2 fully saturated rings. The number of anilines is 2. The Morgan fingerprint density at radius 2 is 1.97 bits per heavy atom. The minimum atomic E-state index is -4.87. The standard InChI is InChI=1S/C21H14BF4N4O2S/c1-22-17(31)13-4-3-11(8-15(13)23)30-19(33)29(18(32)20(30)5-2-6-20)12-7-14(21(24,25)26)16(9-27)28-10-12/h3-4,7-8,10H,2,5-6H2,1H3. The molecule has 1 aliphatic heterocycles. The fourth-order valence-electron chi connectivity index (χ4n) is 4.09. The van der Waals surface area contributed by atoms with Crippen LogP contribution in [0, 0.1) is 17.1 Å². The number of thiocarbonyl (C=S) groups is 1. The first-order valence-electron chi connectivity index (χ1n) is 9.84. The van der Waals surface area contributed by atoms with Crippen molar-refractivity contribution in [1.82, 2.24) is 4.98 Å². The van der Waals surface area contributed by atoms with E-state index in [0.29, 0.717) is 25.3 Å². The van der Waals surface area contributed by atoms with Crippen molar-refractivity contribution < 1.29 is 27.2 Å². The normalized spacial score (nSPS) is 17.2. The number of carbonyl (C=O) groups excluding carboxylic acids is 2. The third kappa shape index (κ3) is 3.47. The molecule has 0 atom stereocenters. The second-order valence-electron chi connectivity index (χ2n) is 7.66. The predicted octanol–water partition coefficient (Wildman–Crippen LogP) is 4.06. The summed E-state index contributed by atoms with van der Waals surface area (Å²) in [5.74, 6) is -1.36. The van der Waals surface area contributed by atoms with Crippen LogP contribution >= 0.6 is 12.2 Å². The molecule has 4 rings (SSSR count). The third-order valence-corrected chi connectivity index (χ3v) is 6.24. The van der Waals surface area contributed by atoms with E-state index in [0.717, 1.165) is 17.2 Å². The van der Waals surface area contributed by atoms with Crippen molar-refractivity contribution in [3.05, 3.63) is 53.1 Å². The van der Waals surface area contributed by atoms with Crippen molar-refractivity contribution in [3.8, 4) is 6.07 Å². The predicted molar refractivity (Wildman–Crippen MR) is 115 cm³/mol. The van der Waals surface area contributed by atoms with Crippen LogP contribution in [0.1, 0.15) is 40.9 Å². The first-order valence-corrected chi connectivity index (χ1v) is 10.3. The van der Waals surface area contributed by atoms with Gasteiger partial charge in [-0.25, -0.2) is 9.37 Å². The summed E-state index contributed by atoms with van der Waals surface area (Å²) >= 11 is 5.46. The molecule has 1 aromatic carbocycles. The van der Waals surface area contributed by atoms with Crippen LogP contribution in [-0.4, -0.2) is 34.5 Å². The number of benzene rings is 1. The molecule has 167 valence electrons. The molecule has 2 heterocycles. The first kappa shape index (κ1) is 22.9. The molecule has 0 N–H and O–H groups in total. The van der Waals surface area contributed by atoms with Gasteiger partial charge < -0.3 is 9.69 Å². The Labute approximate surface area is 192 Å². The highest BCUT2D eigenvalue weighted by Crippen LogP contribution is 2.48. The fourth-order valence-corrected chi connectivity index (χ4v) is 4.56. The van der Waals surface area contributed by atoms with Crippen molar-refractivity contribution >= 4 is 47.6 Å². The summed E-state index contributed by atoms with van der Waals surface area (Å²) in [5.41, 5.74) is -3.97. The summed E-state index contributed by atoms with van der Waals surface area (Å²) in [6.07, 6.45) is -2.49. The van der Waals surface area contributed by atoms with Crippen LogP contribution in [0.15, 0.2) is 30.5 Å². The zero-order valence-electron chi connectivity index (χ0n) is 17.1. The van der Waals surface area contributed by atoms with Gasteiger partial charge in [0.05, 0.1) is 17.4 Å². The van der Waals surface area contributed by atoms with Gasteiger partial charge in [-0.15, -0.1) is 0 Å². The molecule has 0 bridgehead atoms. The molecule has 1 spiro atoms. The fraction of sp³-hybridized carbons (Fsp3) is 0.286. The lowest BCUT2D eigenvalue weighted by atomic mass is 9.73. The maximum Gasteiger partial charge on any atom is 0.419 e. The Balaban J connectivity index is 1.80. The number of nitrogens with zero attached hydrogens (tertiary/aromatic N) is 4. The molecule has 1 saturated heterocycles. The summed E-state index contributed by atoms with van der Waals surface area (Å²) in [6.45, 7) is 1.48. The van der Waals surface area contributed by atoms with Crippen LogP contribution in [0.5, 0.6) is 0 Å². The molecular formula is C21H14BF4N4O2S. The van der Waals surface area contributed by atoms with Crippen molar-refractivity contribution in [2.75, 3.05) is 9.80 Å². The van der Waals surface area contributed by atoms with Gasteiger partial charge in [-0.2, -0.15) is 18.4 Å². The van der Waals surface area contributed by atoms with Gasteiger partial charge in [0.15, 0.2) is 10.8 Å². The van der Waals surface area contributed by atoms with Crippen LogP contribution in [0.3, 0.4) is 0 Å². The van der Waals surface area contributed by atoms with Crippen molar-refractivity contribution in [3.63, 3.8) is 0 Å².